The first-order valence-electron chi connectivity index (χ1n) is 12.4. The van der Waals surface area contributed by atoms with Crippen molar-refractivity contribution in [3.63, 3.8) is 0 Å². The van der Waals surface area contributed by atoms with Crippen molar-refractivity contribution in [1.82, 2.24) is 14.9 Å². The lowest BCUT2D eigenvalue weighted by atomic mass is 9.88. The number of nitrogen functional groups attached to an aromatic ring is 1. The first kappa shape index (κ1) is 24.8. The fourth-order valence-electron chi connectivity index (χ4n) is 4.85. The second kappa shape index (κ2) is 11.4. The zero-order chi connectivity index (χ0) is 24.9. The van der Waals surface area contributed by atoms with Gasteiger partial charge in [0.25, 0.3) is 0 Å². The molecular weight excluding hydrogens is 478 g/mol. The number of benzene rings is 2. The number of nitrogens with zero attached hydrogens (tertiary/aromatic N) is 4. The minimum atomic E-state index is 0.0644. The molecule has 1 aromatic heterocycles. The number of hydrogen-bond donors (Lipinski definition) is 2. The SMILES string of the molecule is Nc1nc2c(c(N3CCN(CCOCCO)CC3)n1)CCc1cc(OCc3ccc(Cl)cc3)ccc1-2. The highest BCUT2D eigenvalue weighted by molar-refractivity contribution is 6.30. The Morgan fingerprint density at radius 2 is 1.78 bits per heavy atom. The smallest absolute Gasteiger partial charge is 0.222 e. The third kappa shape index (κ3) is 5.73. The molecule has 3 aromatic rings. The Balaban J connectivity index is 1.28. The number of fused-ring (bicyclic) bond motifs is 3. The number of anilines is 2. The van der Waals surface area contributed by atoms with Crippen molar-refractivity contribution in [3.8, 4) is 17.0 Å². The van der Waals surface area contributed by atoms with Crippen LogP contribution in [0.4, 0.5) is 11.8 Å². The second-order valence-corrected chi connectivity index (χ2v) is 9.57. The maximum atomic E-state index is 8.86. The number of piperazine rings is 1. The molecule has 0 spiro atoms. The van der Waals surface area contributed by atoms with E-state index in [1.165, 1.54) is 11.1 Å². The summed E-state index contributed by atoms with van der Waals surface area (Å²) in [6.07, 6.45) is 1.77. The molecule has 36 heavy (non-hydrogen) atoms. The molecule has 1 aliphatic heterocycles. The standard InChI is InChI=1S/C27H32ClN5O3/c28-21-4-1-19(2-5-21)18-36-22-6-8-23-20(17-22)3-7-24-25(23)30-27(29)31-26(24)33-11-9-32(10-12-33)13-15-35-16-14-34/h1-2,4-6,8,17,34H,3,7,9-16,18H2,(H2,29,30,31). The average molecular weight is 510 g/mol. The van der Waals surface area contributed by atoms with Gasteiger partial charge in [0.1, 0.15) is 18.2 Å². The number of aliphatic hydroxyl groups excluding tert-OH is 1. The van der Waals surface area contributed by atoms with E-state index in [1.54, 1.807) is 0 Å². The van der Waals surface area contributed by atoms with E-state index >= 15 is 0 Å². The van der Waals surface area contributed by atoms with Crippen molar-refractivity contribution < 1.29 is 14.6 Å². The van der Waals surface area contributed by atoms with Gasteiger partial charge in [-0.1, -0.05) is 23.7 Å². The fraction of sp³-hybridized carbons (Fsp3) is 0.407. The van der Waals surface area contributed by atoms with E-state index in [1.807, 2.05) is 30.3 Å². The lowest BCUT2D eigenvalue weighted by molar-refractivity contribution is 0.0724. The molecule has 8 nitrogen and oxygen atoms in total. The molecule has 9 heteroatoms. The lowest BCUT2D eigenvalue weighted by Gasteiger charge is -2.37. The van der Waals surface area contributed by atoms with Crippen LogP contribution < -0.4 is 15.4 Å². The largest absolute Gasteiger partial charge is 0.489 e. The summed E-state index contributed by atoms with van der Waals surface area (Å²) < 4.78 is 11.5. The Labute approximate surface area is 216 Å². The predicted octanol–water partition coefficient (Wildman–Crippen LogP) is 3.19. The summed E-state index contributed by atoms with van der Waals surface area (Å²) in [4.78, 5) is 14.0. The van der Waals surface area contributed by atoms with Gasteiger partial charge in [-0.2, -0.15) is 4.98 Å². The molecule has 0 saturated carbocycles. The summed E-state index contributed by atoms with van der Waals surface area (Å²) in [6.45, 7) is 6.09. The van der Waals surface area contributed by atoms with Crippen molar-refractivity contribution in [3.05, 3.63) is 64.2 Å². The van der Waals surface area contributed by atoms with Crippen LogP contribution in [0.5, 0.6) is 5.75 Å². The van der Waals surface area contributed by atoms with Crippen LogP contribution in [-0.4, -0.2) is 72.5 Å². The number of hydrogen-bond acceptors (Lipinski definition) is 8. The van der Waals surface area contributed by atoms with Crippen LogP contribution in [0.1, 0.15) is 16.7 Å². The van der Waals surface area contributed by atoms with E-state index in [0.29, 0.717) is 25.8 Å². The summed E-state index contributed by atoms with van der Waals surface area (Å²) in [5.74, 6) is 2.11. The molecule has 0 unspecified atom stereocenters. The molecule has 3 N–H and O–H groups in total. The summed E-state index contributed by atoms with van der Waals surface area (Å²) in [7, 11) is 0. The van der Waals surface area contributed by atoms with Gasteiger partial charge >= 0.3 is 0 Å². The number of halogens is 1. The average Bonchev–Trinajstić information content (AvgIpc) is 2.90. The van der Waals surface area contributed by atoms with Gasteiger partial charge in [-0.05, 0) is 54.3 Å². The monoisotopic (exact) mass is 509 g/mol. The molecule has 0 bridgehead atoms. The molecule has 0 radical (unpaired) electrons. The fourth-order valence-corrected chi connectivity index (χ4v) is 4.98. The van der Waals surface area contributed by atoms with Gasteiger partial charge in [0.2, 0.25) is 5.95 Å². The van der Waals surface area contributed by atoms with Gasteiger partial charge < -0.3 is 25.2 Å². The van der Waals surface area contributed by atoms with Gasteiger partial charge in [0.15, 0.2) is 0 Å². The van der Waals surface area contributed by atoms with Crippen LogP contribution >= 0.6 is 11.6 Å². The van der Waals surface area contributed by atoms with E-state index in [0.717, 1.165) is 79.0 Å². The Morgan fingerprint density at radius 3 is 2.56 bits per heavy atom. The zero-order valence-electron chi connectivity index (χ0n) is 20.3. The van der Waals surface area contributed by atoms with Crippen LogP contribution in [0.15, 0.2) is 42.5 Å². The Bertz CT molecular complexity index is 1180. The van der Waals surface area contributed by atoms with Crippen molar-refractivity contribution >= 4 is 23.4 Å². The third-order valence-corrected chi connectivity index (χ3v) is 7.01. The van der Waals surface area contributed by atoms with Crippen LogP contribution in [0.3, 0.4) is 0 Å². The van der Waals surface area contributed by atoms with Gasteiger partial charge in [-0.15, -0.1) is 0 Å². The normalized spacial score (nSPS) is 15.4. The Hall–Kier alpha value is -2.91. The van der Waals surface area contributed by atoms with Crippen LogP contribution in [0.25, 0.3) is 11.3 Å². The predicted molar refractivity (Wildman–Crippen MR) is 142 cm³/mol. The van der Waals surface area contributed by atoms with Gasteiger partial charge in [0, 0.05) is 48.9 Å². The first-order valence-corrected chi connectivity index (χ1v) is 12.8. The Kier molecular flexibility index (Phi) is 7.87. The van der Waals surface area contributed by atoms with Gasteiger partial charge in [0.05, 0.1) is 25.5 Å². The molecule has 0 amide bonds. The topological polar surface area (TPSA) is 97.0 Å². The van der Waals surface area contributed by atoms with Crippen LogP contribution in [0, 0.1) is 0 Å². The summed E-state index contributed by atoms with van der Waals surface area (Å²) in [5.41, 5.74) is 11.7. The minimum absolute atomic E-state index is 0.0644. The minimum Gasteiger partial charge on any atom is -0.489 e. The van der Waals surface area contributed by atoms with Crippen LogP contribution in [-0.2, 0) is 24.2 Å². The quantitative estimate of drug-likeness (QED) is 0.424. The molecule has 2 aromatic carbocycles. The number of nitrogens with two attached hydrogens (primary N) is 1. The lowest BCUT2D eigenvalue weighted by Crippen LogP contribution is -2.48. The highest BCUT2D eigenvalue weighted by Gasteiger charge is 2.27. The molecule has 1 aliphatic carbocycles. The Morgan fingerprint density at radius 1 is 0.972 bits per heavy atom. The van der Waals surface area contributed by atoms with E-state index in [-0.39, 0.29) is 6.61 Å². The van der Waals surface area contributed by atoms with Crippen LogP contribution in [0.2, 0.25) is 5.02 Å². The molecule has 0 atom stereocenters. The molecule has 190 valence electrons. The van der Waals surface area contributed by atoms with Crippen molar-refractivity contribution in [1.29, 1.82) is 0 Å². The summed E-state index contributed by atoms with van der Waals surface area (Å²) in [6, 6.07) is 13.9. The maximum absolute atomic E-state index is 8.86. The van der Waals surface area contributed by atoms with Gasteiger partial charge in [-0.3, -0.25) is 4.90 Å². The number of aromatic nitrogens is 2. The van der Waals surface area contributed by atoms with Crippen molar-refractivity contribution in [2.45, 2.75) is 19.4 Å². The van der Waals surface area contributed by atoms with E-state index in [4.69, 9.17) is 31.9 Å². The van der Waals surface area contributed by atoms with Gasteiger partial charge in [-0.25, -0.2) is 4.98 Å². The molecule has 2 heterocycles. The number of aliphatic hydroxyl groups is 1. The zero-order valence-corrected chi connectivity index (χ0v) is 21.1. The first-order chi connectivity index (χ1) is 17.6. The number of rotatable bonds is 9. The van der Waals surface area contributed by atoms with Crippen molar-refractivity contribution in [2.24, 2.45) is 0 Å². The summed E-state index contributed by atoms with van der Waals surface area (Å²) in [5, 5.41) is 9.58. The van der Waals surface area contributed by atoms with E-state index < -0.39 is 0 Å². The van der Waals surface area contributed by atoms with E-state index in [9.17, 15) is 0 Å². The number of ether oxygens (including phenoxy) is 2. The summed E-state index contributed by atoms with van der Waals surface area (Å²) >= 11 is 5.98. The maximum Gasteiger partial charge on any atom is 0.222 e. The molecule has 1 fully saturated rings. The molecule has 5 rings (SSSR count). The highest BCUT2D eigenvalue weighted by Crippen LogP contribution is 2.38. The molecule has 2 aliphatic rings. The molecule has 1 saturated heterocycles. The third-order valence-electron chi connectivity index (χ3n) is 6.76. The van der Waals surface area contributed by atoms with Crippen molar-refractivity contribution in [2.75, 3.05) is 63.2 Å². The molecular formula is C27H32ClN5O3. The van der Waals surface area contributed by atoms with E-state index in [2.05, 4.69) is 31.9 Å². The highest BCUT2D eigenvalue weighted by atomic mass is 35.5. The number of aryl methyl sites for hydroxylation is 1. The second-order valence-electron chi connectivity index (χ2n) is 9.13.